The molecule has 4 heteroatoms. The minimum absolute atomic E-state index is 0.222. The van der Waals surface area contributed by atoms with Crippen molar-refractivity contribution >= 4 is 0 Å². The van der Waals surface area contributed by atoms with Crippen LogP contribution in [-0.2, 0) is 6.54 Å². The fourth-order valence-electron chi connectivity index (χ4n) is 3.92. The van der Waals surface area contributed by atoms with E-state index in [2.05, 4.69) is 54.0 Å². The van der Waals surface area contributed by atoms with Crippen LogP contribution in [0.2, 0.25) is 0 Å². The van der Waals surface area contributed by atoms with E-state index in [0.717, 1.165) is 19.5 Å². The van der Waals surface area contributed by atoms with Crippen molar-refractivity contribution in [2.45, 2.75) is 70.5 Å². The summed E-state index contributed by atoms with van der Waals surface area (Å²) in [5, 5.41) is 8.33. The van der Waals surface area contributed by atoms with Crippen LogP contribution < -0.4 is 5.32 Å². The van der Waals surface area contributed by atoms with Gasteiger partial charge in [-0.15, -0.1) is 0 Å². The molecule has 1 fully saturated rings. The molecule has 120 valence electrons. The van der Waals surface area contributed by atoms with Crippen molar-refractivity contribution in [1.29, 1.82) is 0 Å². The highest BCUT2D eigenvalue weighted by Gasteiger charge is 2.43. The van der Waals surface area contributed by atoms with Crippen molar-refractivity contribution in [3.63, 3.8) is 0 Å². The molecule has 0 radical (unpaired) electrons. The van der Waals surface area contributed by atoms with E-state index in [1.807, 2.05) is 6.20 Å². The zero-order valence-corrected chi connectivity index (χ0v) is 14.2. The van der Waals surface area contributed by atoms with Crippen molar-refractivity contribution in [2.75, 3.05) is 20.6 Å². The summed E-state index contributed by atoms with van der Waals surface area (Å²) in [6, 6.07) is 2.58. The van der Waals surface area contributed by atoms with Gasteiger partial charge in [-0.2, -0.15) is 5.10 Å². The van der Waals surface area contributed by atoms with Crippen LogP contribution in [0.25, 0.3) is 0 Å². The minimum Gasteiger partial charge on any atom is -0.307 e. The Bertz CT molecular complexity index is 418. The zero-order valence-electron chi connectivity index (χ0n) is 14.2. The van der Waals surface area contributed by atoms with E-state index in [4.69, 9.17) is 0 Å². The van der Waals surface area contributed by atoms with Gasteiger partial charge in [-0.1, -0.05) is 33.1 Å². The quantitative estimate of drug-likeness (QED) is 0.838. The standard InChI is InChI=1S/C17H32N4/c1-5-14-21-15(10-13-19-21)16(18-6-2)17(20(3)4)11-8-7-9-12-17/h10,13,16,18H,5-9,11-12,14H2,1-4H3. The smallest absolute Gasteiger partial charge is 0.0678 e. The van der Waals surface area contributed by atoms with Crippen molar-refractivity contribution in [3.8, 4) is 0 Å². The van der Waals surface area contributed by atoms with E-state index in [1.54, 1.807) is 0 Å². The highest BCUT2D eigenvalue weighted by molar-refractivity contribution is 5.16. The minimum atomic E-state index is 0.222. The van der Waals surface area contributed by atoms with Gasteiger partial charge in [0.1, 0.15) is 0 Å². The predicted molar refractivity (Wildman–Crippen MR) is 88.4 cm³/mol. The van der Waals surface area contributed by atoms with E-state index in [9.17, 15) is 0 Å². The highest BCUT2D eigenvalue weighted by Crippen LogP contribution is 2.41. The molecule has 0 aliphatic heterocycles. The Morgan fingerprint density at radius 3 is 2.57 bits per heavy atom. The molecule has 1 unspecified atom stereocenters. The van der Waals surface area contributed by atoms with Crippen molar-refractivity contribution < 1.29 is 0 Å². The molecule has 1 N–H and O–H groups in total. The maximum absolute atomic E-state index is 4.55. The molecule has 1 saturated carbocycles. The first-order valence-corrected chi connectivity index (χ1v) is 8.58. The van der Waals surface area contributed by atoms with Crippen molar-refractivity contribution in [3.05, 3.63) is 18.0 Å². The summed E-state index contributed by atoms with van der Waals surface area (Å²) in [5.41, 5.74) is 1.58. The van der Waals surface area contributed by atoms with Crippen LogP contribution in [0.5, 0.6) is 0 Å². The SMILES string of the molecule is CCCn1nccc1C(NCC)C1(N(C)C)CCCCC1. The molecule has 4 nitrogen and oxygen atoms in total. The molecule has 1 aliphatic carbocycles. The molecule has 2 rings (SSSR count). The molecule has 0 aromatic carbocycles. The molecule has 1 aliphatic rings. The Hall–Kier alpha value is -0.870. The number of nitrogens with zero attached hydrogens (tertiary/aromatic N) is 3. The number of aryl methyl sites for hydroxylation is 1. The van der Waals surface area contributed by atoms with Gasteiger partial charge in [0.2, 0.25) is 0 Å². The molecule has 1 atom stereocenters. The van der Waals surface area contributed by atoms with Crippen LogP contribution in [0.3, 0.4) is 0 Å². The monoisotopic (exact) mass is 292 g/mol. The molecule has 21 heavy (non-hydrogen) atoms. The van der Waals surface area contributed by atoms with Gasteiger partial charge in [-0.3, -0.25) is 4.68 Å². The molecule has 1 aromatic heterocycles. The van der Waals surface area contributed by atoms with E-state index < -0.39 is 0 Å². The third kappa shape index (κ3) is 3.32. The molecule has 1 heterocycles. The summed E-state index contributed by atoms with van der Waals surface area (Å²) in [4.78, 5) is 2.46. The van der Waals surface area contributed by atoms with Crippen LogP contribution in [0.4, 0.5) is 0 Å². The highest BCUT2D eigenvalue weighted by atomic mass is 15.3. The van der Waals surface area contributed by atoms with Crippen molar-refractivity contribution in [2.24, 2.45) is 0 Å². The van der Waals surface area contributed by atoms with E-state index in [-0.39, 0.29) is 5.54 Å². The first kappa shape index (κ1) is 16.5. The van der Waals surface area contributed by atoms with Gasteiger partial charge in [0.25, 0.3) is 0 Å². The Kier molecular flexibility index (Phi) is 5.82. The predicted octanol–water partition coefficient (Wildman–Crippen LogP) is 3.21. The van der Waals surface area contributed by atoms with Crippen LogP contribution in [0.15, 0.2) is 12.3 Å². The second-order valence-electron chi connectivity index (χ2n) is 6.53. The number of likely N-dealkylation sites (N-methyl/N-ethyl adjacent to an activating group) is 2. The molecule has 0 amide bonds. The van der Waals surface area contributed by atoms with Gasteiger partial charge in [-0.25, -0.2) is 0 Å². The lowest BCUT2D eigenvalue weighted by Gasteiger charge is -2.48. The lowest BCUT2D eigenvalue weighted by molar-refractivity contribution is 0.0535. The normalized spacial score (nSPS) is 19.9. The van der Waals surface area contributed by atoms with Gasteiger partial charge >= 0.3 is 0 Å². The van der Waals surface area contributed by atoms with E-state index in [1.165, 1.54) is 37.8 Å². The Morgan fingerprint density at radius 1 is 1.29 bits per heavy atom. The topological polar surface area (TPSA) is 33.1 Å². The average molecular weight is 292 g/mol. The maximum Gasteiger partial charge on any atom is 0.0678 e. The Balaban J connectivity index is 2.37. The maximum atomic E-state index is 4.55. The molecule has 0 saturated heterocycles. The summed E-state index contributed by atoms with van der Waals surface area (Å²) in [6.45, 7) is 6.43. The second-order valence-corrected chi connectivity index (χ2v) is 6.53. The first-order chi connectivity index (χ1) is 10.2. The van der Waals surface area contributed by atoms with Crippen LogP contribution in [-0.4, -0.2) is 40.9 Å². The summed E-state index contributed by atoms with van der Waals surface area (Å²) in [7, 11) is 4.49. The molecule has 0 spiro atoms. The third-order valence-corrected chi connectivity index (χ3v) is 5.04. The zero-order chi connectivity index (χ0) is 15.3. The summed E-state index contributed by atoms with van der Waals surface area (Å²) >= 11 is 0. The van der Waals surface area contributed by atoms with Gasteiger partial charge in [0.15, 0.2) is 0 Å². The number of hydrogen-bond acceptors (Lipinski definition) is 3. The van der Waals surface area contributed by atoms with E-state index in [0.29, 0.717) is 6.04 Å². The second kappa shape index (κ2) is 7.41. The third-order valence-electron chi connectivity index (χ3n) is 5.04. The Labute approximate surface area is 129 Å². The number of aromatic nitrogens is 2. The van der Waals surface area contributed by atoms with Crippen LogP contribution in [0.1, 0.15) is 64.1 Å². The van der Waals surface area contributed by atoms with Crippen LogP contribution >= 0.6 is 0 Å². The summed E-state index contributed by atoms with van der Waals surface area (Å²) in [6.07, 6.45) is 9.68. The molecule has 0 bridgehead atoms. The average Bonchev–Trinajstić information content (AvgIpc) is 2.93. The Morgan fingerprint density at radius 2 is 2.00 bits per heavy atom. The molecule has 1 aromatic rings. The fourth-order valence-corrected chi connectivity index (χ4v) is 3.92. The summed E-state index contributed by atoms with van der Waals surface area (Å²) < 4.78 is 2.20. The number of hydrogen-bond donors (Lipinski definition) is 1. The summed E-state index contributed by atoms with van der Waals surface area (Å²) in [5.74, 6) is 0. The lowest BCUT2D eigenvalue weighted by Crippen LogP contribution is -2.55. The molecular weight excluding hydrogens is 260 g/mol. The van der Waals surface area contributed by atoms with Gasteiger partial charge < -0.3 is 10.2 Å². The largest absolute Gasteiger partial charge is 0.307 e. The number of nitrogens with one attached hydrogen (secondary N) is 1. The molecular formula is C17H32N4. The van der Waals surface area contributed by atoms with Crippen molar-refractivity contribution in [1.82, 2.24) is 20.0 Å². The lowest BCUT2D eigenvalue weighted by atomic mass is 9.74. The van der Waals surface area contributed by atoms with Crippen LogP contribution in [0, 0.1) is 0 Å². The van der Waals surface area contributed by atoms with Gasteiger partial charge in [0, 0.05) is 18.3 Å². The first-order valence-electron chi connectivity index (χ1n) is 8.58. The van der Waals surface area contributed by atoms with Gasteiger partial charge in [-0.05, 0) is 46.0 Å². The van der Waals surface area contributed by atoms with Gasteiger partial charge in [0.05, 0.1) is 11.7 Å². The number of rotatable bonds is 7. The van der Waals surface area contributed by atoms with E-state index >= 15 is 0 Å². The fraction of sp³-hybridized carbons (Fsp3) is 0.824.